The number of fused-ring (bicyclic) bond motifs is 13. The van der Waals surface area contributed by atoms with Crippen LogP contribution in [0.15, 0.2) is 307 Å². The molecule has 17 aromatic rings. The van der Waals surface area contributed by atoms with Gasteiger partial charge < -0.3 is 18.8 Å². The zero-order chi connectivity index (χ0) is 77.0. The summed E-state index contributed by atoms with van der Waals surface area (Å²) in [5.74, 6) is 0. The predicted octanol–water partition coefficient (Wildman–Crippen LogP) is 24.1. The predicted molar refractivity (Wildman–Crippen MR) is 420 cm³/mol. The normalized spacial score (nSPS) is 14.8. The molecular formula is C92H68BN3OS. The lowest BCUT2D eigenvalue weighted by Gasteiger charge is -2.45. The quantitative estimate of drug-likeness (QED) is 0.142. The maximum atomic E-state index is 9.80. The van der Waals surface area contributed by atoms with Gasteiger partial charge in [0.15, 0.2) is 0 Å². The van der Waals surface area contributed by atoms with Crippen LogP contribution in [-0.4, -0.2) is 11.3 Å². The second-order valence-corrected chi connectivity index (χ2v) is 28.8. The van der Waals surface area contributed by atoms with Gasteiger partial charge in [0.25, 0.3) is 6.71 Å². The Kier molecular flexibility index (Phi) is 10.3. The summed E-state index contributed by atoms with van der Waals surface area (Å²) >= 11 is 1.67. The number of rotatable bonds is 8. The molecule has 0 saturated heterocycles. The molecule has 0 saturated carbocycles. The van der Waals surface area contributed by atoms with Crippen LogP contribution in [0.5, 0.6) is 0 Å². The molecule has 2 aliphatic rings. The minimum Gasteiger partial charge on any atom is -0.455 e. The maximum absolute atomic E-state index is 9.80. The SMILES string of the molecule is [2H]c1c([2H])c([2H])c(-c2ccc3c(c2)B2c4ccc(-n5c6c([2H])c([2H])c([2H])c([2H])c6c6c([2H])c([2H])c([2H])c([2H])c65)cc4N(c4cccc5c4sc4c(-c6cccc7c6oc6ccccc67)cccc45)c4cc(-c5cc(C(C)(C)C)cc(C(C)(C)C)c5)cc(c42)N3c2ccc(-c3ccccc3)cc2-c2ccccc2)c([2H])c1[2H]. The van der Waals surface area contributed by atoms with Crippen LogP contribution < -0.4 is 26.2 Å². The number of furan rings is 1. The van der Waals surface area contributed by atoms with Crippen LogP contribution in [-0.2, 0) is 10.8 Å². The number of hydrogen-bond acceptors (Lipinski definition) is 4. The minimum absolute atomic E-state index is 0.0307. The molecule has 0 aliphatic carbocycles. The lowest BCUT2D eigenvalue weighted by molar-refractivity contribution is 0.569. The number of benzene rings is 14. The van der Waals surface area contributed by atoms with Gasteiger partial charge in [0, 0.05) is 82.1 Å². The molecule has 0 N–H and O–H groups in total. The lowest BCUT2D eigenvalue weighted by atomic mass is 9.33. The van der Waals surface area contributed by atoms with Gasteiger partial charge in [-0.1, -0.05) is 278 Å². The Balaban J connectivity index is 0.992. The molecule has 3 aromatic heterocycles. The molecule has 98 heavy (non-hydrogen) atoms. The Labute approximate surface area is 593 Å². The molecule has 0 atom stereocenters. The van der Waals surface area contributed by atoms with Crippen molar-refractivity contribution in [1.82, 2.24) is 4.57 Å². The van der Waals surface area contributed by atoms with Gasteiger partial charge in [-0.15, -0.1) is 11.3 Å². The number of aromatic nitrogens is 1. The van der Waals surface area contributed by atoms with Crippen LogP contribution in [0.3, 0.4) is 0 Å². The van der Waals surface area contributed by atoms with E-state index in [0.717, 1.165) is 143 Å². The second-order valence-electron chi connectivity index (χ2n) is 27.8. The van der Waals surface area contributed by atoms with Crippen LogP contribution in [0.1, 0.15) is 70.5 Å². The van der Waals surface area contributed by atoms with Crippen LogP contribution in [0.25, 0.3) is 125 Å². The first-order valence-electron chi connectivity index (χ1n) is 39.7. The topological polar surface area (TPSA) is 24.6 Å². The first-order valence-corrected chi connectivity index (χ1v) is 34.0. The molecular weight excluding hydrogens is 1210 g/mol. The Morgan fingerprint density at radius 3 is 1.62 bits per heavy atom. The van der Waals surface area contributed by atoms with Crippen molar-refractivity contribution in [2.75, 3.05) is 9.80 Å². The van der Waals surface area contributed by atoms with Crippen molar-refractivity contribution in [2.45, 2.75) is 52.4 Å². The van der Waals surface area contributed by atoms with E-state index in [1.165, 1.54) is 0 Å². The van der Waals surface area contributed by atoms with Crippen molar-refractivity contribution in [3.63, 3.8) is 0 Å². The van der Waals surface area contributed by atoms with Gasteiger partial charge >= 0.3 is 0 Å². The third-order valence-corrected chi connectivity index (χ3v) is 21.3. The van der Waals surface area contributed by atoms with Crippen LogP contribution in [0.4, 0.5) is 34.1 Å². The average molecular weight is 1290 g/mol. The molecule has 0 bridgehead atoms. The highest BCUT2D eigenvalue weighted by Gasteiger charge is 2.45. The highest BCUT2D eigenvalue weighted by Crippen LogP contribution is 2.54. The molecule has 0 unspecified atom stereocenters. The summed E-state index contributed by atoms with van der Waals surface area (Å²) in [6.07, 6.45) is 0. The Bertz CT molecular complexity index is 6800. The summed E-state index contributed by atoms with van der Waals surface area (Å²) in [4.78, 5) is 4.65. The Hall–Kier alpha value is -11.4. The van der Waals surface area contributed by atoms with Gasteiger partial charge in [-0.2, -0.15) is 0 Å². The van der Waals surface area contributed by atoms with Gasteiger partial charge in [0.2, 0.25) is 0 Å². The summed E-state index contributed by atoms with van der Waals surface area (Å²) in [7, 11) is 0. The number of hydrogen-bond donors (Lipinski definition) is 0. The maximum Gasteiger partial charge on any atom is 0.252 e. The van der Waals surface area contributed by atoms with E-state index >= 15 is 0 Å². The number of anilines is 6. The second kappa shape index (κ2) is 22.1. The molecule has 0 fully saturated rings. The Morgan fingerprint density at radius 1 is 0.347 bits per heavy atom. The molecule has 0 amide bonds. The third kappa shape index (κ3) is 9.11. The molecule has 19 rings (SSSR count). The van der Waals surface area contributed by atoms with Crippen LogP contribution >= 0.6 is 11.3 Å². The third-order valence-electron chi connectivity index (χ3n) is 20.0. The highest BCUT2D eigenvalue weighted by molar-refractivity contribution is 7.27. The number of thiophene rings is 1. The fourth-order valence-electron chi connectivity index (χ4n) is 15.2. The van der Waals surface area contributed by atoms with Crippen molar-refractivity contribution in [3.05, 3.63) is 314 Å². The number of para-hydroxylation sites is 4. The summed E-state index contributed by atoms with van der Waals surface area (Å²) in [6, 6.07) is 71.5. The average Bonchev–Trinajstić information content (AvgIpc) is 1.19. The van der Waals surface area contributed by atoms with E-state index in [9.17, 15) is 11.0 Å². The molecule has 5 heterocycles. The van der Waals surface area contributed by atoms with Crippen LogP contribution in [0, 0.1) is 0 Å². The first kappa shape index (κ1) is 45.9. The summed E-state index contributed by atoms with van der Waals surface area (Å²) < 4.78 is 132. The zero-order valence-electron chi connectivity index (χ0n) is 67.6. The smallest absolute Gasteiger partial charge is 0.252 e. The fourth-order valence-corrected chi connectivity index (χ4v) is 16.6. The van der Waals surface area contributed by atoms with E-state index in [1.807, 2.05) is 91.0 Å². The van der Waals surface area contributed by atoms with E-state index in [2.05, 4.69) is 185 Å². The van der Waals surface area contributed by atoms with E-state index in [-0.39, 0.29) is 50.3 Å². The van der Waals surface area contributed by atoms with E-state index in [0.29, 0.717) is 16.9 Å². The lowest BCUT2D eigenvalue weighted by Crippen LogP contribution is -2.61. The molecule has 14 aromatic carbocycles. The van der Waals surface area contributed by atoms with Crippen molar-refractivity contribution in [3.8, 4) is 61.3 Å². The molecule has 0 spiro atoms. The molecule has 0 radical (unpaired) electrons. The molecule has 4 nitrogen and oxygen atoms in total. The minimum atomic E-state index is -0.736. The van der Waals surface area contributed by atoms with Crippen molar-refractivity contribution < 1.29 is 22.2 Å². The monoisotopic (exact) mass is 1290 g/mol. The summed E-state index contributed by atoms with van der Waals surface area (Å²) in [5.41, 5.74) is 18.5. The van der Waals surface area contributed by atoms with Gasteiger partial charge in [-0.25, -0.2) is 0 Å². The highest BCUT2D eigenvalue weighted by atomic mass is 32.1. The Morgan fingerprint density at radius 2 is 0.918 bits per heavy atom. The van der Waals surface area contributed by atoms with E-state index < -0.39 is 73.2 Å². The van der Waals surface area contributed by atoms with Crippen molar-refractivity contribution >= 4 is 132 Å². The van der Waals surface area contributed by atoms with Crippen molar-refractivity contribution in [2.24, 2.45) is 0 Å². The van der Waals surface area contributed by atoms with E-state index in [4.69, 9.17) is 11.3 Å². The number of nitrogens with zero attached hydrogens (tertiary/aromatic N) is 3. The van der Waals surface area contributed by atoms with E-state index in [1.54, 1.807) is 15.9 Å². The van der Waals surface area contributed by atoms with Gasteiger partial charge in [-0.05, 0) is 144 Å². The fraction of sp³-hybridized carbons (Fsp3) is 0.0870. The molecule has 2 aliphatic heterocycles. The van der Waals surface area contributed by atoms with Crippen molar-refractivity contribution in [1.29, 1.82) is 0 Å². The largest absolute Gasteiger partial charge is 0.455 e. The first-order chi connectivity index (χ1) is 53.3. The van der Waals surface area contributed by atoms with Crippen LogP contribution in [0.2, 0.25) is 0 Å². The molecule has 6 heteroatoms. The van der Waals surface area contributed by atoms with Gasteiger partial charge in [-0.3, -0.25) is 0 Å². The standard InChI is InChI=1S/C92H68BN3OS/c1-91(2,3)64-49-62(50-65(55-64)92(4,5)6)63-53-84-87-85(54-63)96(82-41-24-38-74-73-37-23-36-72(89(73)98-90(74)82)71-35-22-34-70-69-33-18-21-42-86(69)97-88(70)71)83-56-66(94-78-39-19-16-31-67(78)68-32-17-20-40-79(68)94)45-46-76(83)93(87)77-52-61(58-27-12-8-13-28-58)44-48-81(77)95(84)80-47-43-60(57-25-10-7-11-26-57)51-75(80)59-29-14-9-15-30-59/h7-56H,1-6H3/i8D,12D,13D,16D,17D,19D,20D,27D,28D,31D,32D,39D,40D. The zero-order valence-corrected chi connectivity index (χ0v) is 55.4. The van der Waals surface area contributed by atoms with Gasteiger partial charge in [0.1, 0.15) is 11.2 Å². The summed E-state index contributed by atoms with van der Waals surface area (Å²) in [5, 5.41) is 3.89. The van der Waals surface area contributed by atoms with Gasteiger partial charge in [0.05, 0.1) is 44.9 Å². The molecule has 466 valence electrons. The summed E-state index contributed by atoms with van der Waals surface area (Å²) in [6.45, 7) is 12.7.